The molecule has 0 aromatic heterocycles. The normalized spacial score (nSPS) is 16.8. The molecule has 28 heavy (non-hydrogen) atoms. The second-order valence-corrected chi connectivity index (χ2v) is 10.4. The first kappa shape index (κ1) is 20.9. The Kier molecular flexibility index (Phi) is 6.47. The molecule has 1 aliphatic rings. The third-order valence-corrected chi connectivity index (χ3v) is 8.06. The van der Waals surface area contributed by atoms with Crippen LogP contribution in [-0.2, 0) is 14.8 Å². The fraction of sp³-hybridized carbons (Fsp3) is 0.381. The largest absolute Gasteiger partial charge is 0.339 e. The first-order valence-corrected chi connectivity index (χ1v) is 11.7. The van der Waals surface area contributed by atoms with Gasteiger partial charge in [0.15, 0.2) is 0 Å². The summed E-state index contributed by atoms with van der Waals surface area (Å²) in [4.78, 5) is 15.9. The van der Waals surface area contributed by atoms with Gasteiger partial charge < -0.3 is 4.90 Å². The molecule has 1 saturated heterocycles. The molecule has 0 unspecified atom stereocenters. The van der Waals surface area contributed by atoms with Crippen molar-refractivity contribution in [3.05, 3.63) is 59.7 Å². The van der Waals surface area contributed by atoms with E-state index in [0.29, 0.717) is 31.1 Å². The lowest BCUT2D eigenvalue weighted by Gasteiger charge is -2.35. The first-order valence-electron chi connectivity index (χ1n) is 9.37. The zero-order valence-electron chi connectivity index (χ0n) is 16.5. The maximum absolute atomic E-state index is 13.0. The van der Waals surface area contributed by atoms with Crippen LogP contribution in [0.4, 0.5) is 0 Å². The number of hydrogen-bond acceptors (Lipinski definition) is 4. The summed E-state index contributed by atoms with van der Waals surface area (Å²) in [5, 5.41) is -0.204. The van der Waals surface area contributed by atoms with Crippen molar-refractivity contribution in [2.75, 3.05) is 26.2 Å². The van der Waals surface area contributed by atoms with E-state index >= 15 is 0 Å². The summed E-state index contributed by atoms with van der Waals surface area (Å²) in [5.74, 6) is 0.0532. The van der Waals surface area contributed by atoms with Crippen LogP contribution in [0.5, 0.6) is 0 Å². The van der Waals surface area contributed by atoms with E-state index in [1.54, 1.807) is 11.0 Å². The van der Waals surface area contributed by atoms with Crippen molar-refractivity contribution in [3.8, 4) is 0 Å². The minimum absolute atomic E-state index is 0.0532. The van der Waals surface area contributed by atoms with Crippen molar-refractivity contribution in [2.24, 2.45) is 0 Å². The molecule has 1 heterocycles. The predicted molar refractivity (Wildman–Crippen MR) is 113 cm³/mol. The quantitative estimate of drug-likeness (QED) is 0.699. The number of benzene rings is 2. The van der Waals surface area contributed by atoms with Gasteiger partial charge in [0.05, 0.1) is 10.1 Å². The zero-order chi connectivity index (χ0) is 20.3. The van der Waals surface area contributed by atoms with Crippen molar-refractivity contribution in [1.29, 1.82) is 0 Å². The Morgan fingerprint density at radius 3 is 2.25 bits per heavy atom. The van der Waals surface area contributed by atoms with Crippen LogP contribution in [0.3, 0.4) is 0 Å². The number of carbonyl (C=O) groups excluding carboxylic acids is 1. The molecule has 0 bridgehead atoms. The highest BCUT2D eigenvalue weighted by atomic mass is 32.2. The van der Waals surface area contributed by atoms with E-state index in [2.05, 4.69) is 0 Å². The van der Waals surface area contributed by atoms with Gasteiger partial charge in [-0.1, -0.05) is 35.9 Å². The molecule has 1 aliphatic heterocycles. The Morgan fingerprint density at radius 2 is 1.64 bits per heavy atom. The van der Waals surface area contributed by atoms with E-state index < -0.39 is 10.0 Å². The average Bonchev–Trinajstić information content (AvgIpc) is 2.68. The Bertz CT molecular complexity index is 937. The molecular formula is C21H26N2O3S2. The lowest BCUT2D eigenvalue weighted by atomic mass is 10.2. The minimum atomic E-state index is -3.54. The van der Waals surface area contributed by atoms with Crippen molar-refractivity contribution >= 4 is 27.7 Å². The van der Waals surface area contributed by atoms with Crippen molar-refractivity contribution in [3.63, 3.8) is 0 Å². The van der Waals surface area contributed by atoms with Crippen LogP contribution >= 0.6 is 11.8 Å². The van der Waals surface area contributed by atoms with E-state index in [1.807, 2.05) is 63.2 Å². The third kappa shape index (κ3) is 4.59. The number of sulfonamides is 1. The van der Waals surface area contributed by atoms with Gasteiger partial charge in [-0.05, 0) is 44.5 Å². The number of thioether (sulfide) groups is 1. The summed E-state index contributed by atoms with van der Waals surface area (Å²) in [5.41, 5.74) is 1.79. The lowest BCUT2D eigenvalue weighted by molar-refractivity contribution is -0.131. The molecule has 5 nitrogen and oxygen atoms in total. The fourth-order valence-electron chi connectivity index (χ4n) is 3.39. The SMILES string of the molecule is Cc1ccc(S(=O)(=O)N2CCN(C(=O)[C@@H](C)Sc3ccccc3)CC2)c(C)c1. The second-order valence-electron chi connectivity index (χ2n) is 7.07. The maximum atomic E-state index is 13.0. The van der Waals surface area contributed by atoms with Gasteiger partial charge >= 0.3 is 0 Å². The van der Waals surface area contributed by atoms with Gasteiger partial charge in [-0.2, -0.15) is 4.31 Å². The predicted octanol–water partition coefficient (Wildman–Crippen LogP) is 3.32. The molecular weight excluding hydrogens is 392 g/mol. The highest BCUT2D eigenvalue weighted by Gasteiger charge is 2.32. The molecule has 2 aromatic rings. The van der Waals surface area contributed by atoms with Gasteiger partial charge in [-0.25, -0.2) is 8.42 Å². The van der Waals surface area contributed by atoms with Gasteiger partial charge in [0, 0.05) is 31.1 Å². The monoisotopic (exact) mass is 418 g/mol. The van der Waals surface area contributed by atoms with E-state index in [0.717, 1.165) is 16.0 Å². The van der Waals surface area contributed by atoms with Crippen LogP contribution in [-0.4, -0.2) is 55.0 Å². The maximum Gasteiger partial charge on any atom is 0.243 e. The Hall–Kier alpha value is -1.83. The third-order valence-electron chi connectivity index (χ3n) is 4.90. The van der Waals surface area contributed by atoms with Gasteiger partial charge in [0.2, 0.25) is 15.9 Å². The molecule has 7 heteroatoms. The molecule has 0 radical (unpaired) electrons. The Labute approximate surface area is 171 Å². The van der Waals surface area contributed by atoms with Crippen LogP contribution in [0, 0.1) is 13.8 Å². The van der Waals surface area contributed by atoms with E-state index in [-0.39, 0.29) is 11.2 Å². The molecule has 0 N–H and O–H groups in total. The number of piperazine rings is 1. The van der Waals surface area contributed by atoms with Crippen LogP contribution in [0.1, 0.15) is 18.1 Å². The molecule has 0 aliphatic carbocycles. The van der Waals surface area contributed by atoms with E-state index in [9.17, 15) is 13.2 Å². The summed E-state index contributed by atoms with van der Waals surface area (Å²) >= 11 is 1.53. The van der Waals surface area contributed by atoms with Crippen molar-refractivity contribution < 1.29 is 13.2 Å². The first-order chi connectivity index (χ1) is 13.3. The molecule has 1 fully saturated rings. The number of nitrogens with zero attached hydrogens (tertiary/aromatic N) is 2. The number of carbonyl (C=O) groups is 1. The van der Waals surface area contributed by atoms with Gasteiger partial charge in [-0.3, -0.25) is 4.79 Å². The van der Waals surface area contributed by atoms with Crippen LogP contribution in [0.25, 0.3) is 0 Å². The summed E-state index contributed by atoms with van der Waals surface area (Å²) < 4.78 is 27.5. The van der Waals surface area contributed by atoms with Crippen LogP contribution in [0.15, 0.2) is 58.3 Å². The van der Waals surface area contributed by atoms with Crippen LogP contribution < -0.4 is 0 Å². The molecule has 150 valence electrons. The topological polar surface area (TPSA) is 57.7 Å². The van der Waals surface area contributed by atoms with Crippen LogP contribution in [0.2, 0.25) is 0 Å². The highest BCUT2D eigenvalue weighted by Crippen LogP contribution is 2.26. The number of hydrogen-bond donors (Lipinski definition) is 0. The molecule has 1 amide bonds. The fourth-order valence-corrected chi connectivity index (χ4v) is 5.99. The van der Waals surface area contributed by atoms with Crippen molar-refractivity contribution in [2.45, 2.75) is 35.8 Å². The van der Waals surface area contributed by atoms with E-state index in [1.165, 1.54) is 16.1 Å². The summed E-state index contributed by atoms with van der Waals surface area (Å²) in [6.45, 7) is 7.16. The number of aryl methyl sites for hydroxylation is 2. The smallest absolute Gasteiger partial charge is 0.243 e. The Balaban J connectivity index is 1.62. The summed E-state index contributed by atoms with van der Waals surface area (Å²) in [6, 6.07) is 15.2. The zero-order valence-corrected chi connectivity index (χ0v) is 18.1. The van der Waals surface area contributed by atoms with Crippen molar-refractivity contribution in [1.82, 2.24) is 9.21 Å². The summed E-state index contributed by atoms with van der Waals surface area (Å²) in [6.07, 6.45) is 0. The molecule has 0 saturated carbocycles. The minimum Gasteiger partial charge on any atom is -0.339 e. The van der Waals surface area contributed by atoms with Gasteiger partial charge in [-0.15, -0.1) is 11.8 Å². The lowest BCUT2D eigenvalue weighted by Crippen LogP contribution is -2.52. The van der Waals surface area contributed by atoms with Gasteiger partial charge in [0.25, 0.3) is 0 Å². The average molecular weight is 419 g/mol. The molecule has 1 atom stereocenters. The summed E-state index contributed by atoms with van der Waals surface area (Å²) in [7, 11) is -3.54. The molecule has 0 spiro atoms. The standard InChI is InChI=1S/C21H26N2O3S2/c1-16-9-10-20(17(2)15-16)28(25,26)23-13-11-22(12-14-23)21(24)18(3)27-19-7-5-4-6-8-19/h4-10,15,18H,11-14H2,1-3H3/t18-/m1/s1. The number of amides is 1. The number of rotatable bonds is 5. The van der Waals surface area contributed by atoms with Gasteiger partial charge in [0.1, 0.15) is 0 Å². The second kappa shape index (κ2) is 8.68. The molecule has 3 rings (SSSR count). The molecule has 2 aromatic carbocycles. The van der Waals surface area contributed by atoms with E-state index in [4.69, 9.17) is 0 Å². The Morgan fingerprint density at radius 1 is 1.00 bits per heavy atom. The highest BCUT2D eigenvalue weighted by molar-refractivity contribution is 8.00.